The molecule has 0 aromatic heterocycles. The molecule has 1 unspecified atom stereocenters. The molecular weight excluding hydrogens is 274 g/mol. The number of amides is 1. The summed E-state index contributed by atoms with van der Waals surface area (Å²) in [4.78, 5) is 28.2. The van der Waals surface area contributed by atoms with Gasteiger partial charge in [0.15, 0.2) is 0 Å². The van der Waals surface area contributed by atoms with Crippen molar-refractivity contribution in [1.29, 1.82) is 0 Å². The van der Waals surface area contributed by atoms with Gasteiger partial charge in [-0.1, -0.05) is 17.3 Å². The Bertz CT molecular complexity index is 668. The summed E-state index contributed by atoms with van der Waals surface area (Å²) in [5, 5.41) is 17.9. The van der Waals surface area contributed by atoms with E-state index in [1.54, 1.807) is 18.2 Å². The van der Waals surface area contributed by atoms with Crippen molar-refractivity contribution in [3.05, 3.63) is 39.9 Å². The number of nitrogens with one attached hydrogen (secondary N) is 1. The average molecular weight is 289 g/mol. The van der Waals surface area contributed by atoms with Gasteiger partial charge in [-0.25, -0.2) is 0 Å². The molecule has 0 bridgehead atoms. The summed E-state index contributed by atoms with van der Waals surface area (Å²) in [6.07, 6.45) is 0.722. The van der Waals surface area contributed by atoms with Gasteiger partial charge in [0.25, 0.3) is 11.6 Å². The molecule has 21 heavy (non-hydrogen) atoms. The van der Waals surface area contributed by atoms with E-state index in [0.717, 1.165) is 0 Å². The number of benzene rings is 1. The second kappa shape index (κ2) is 4.28. The summed E-state index contributed by atoms with van der Waals surface area (Å²) in [6, 6.07) is 6.34. The van der Waals surface area contributed by atoms with E-state index in [1.165, 1.54) is 6.07 Å². The van der Waals surface area contributed by atoms with Crippen molar-refractivity contribution in [3.8, 4) is 0 Å². The molecule has 1 aromatic rings. The molecular formula is C14H15N3O4. The maximum absolute atomic E-state index is 12.2. The van der Waals surface area contributed by atoms with Crippen LogP contribution in [-0.2, 0) is 9.63 Å². The van der Waals surface area contributed by atoms with Crippen molar-refractivity contribution < 1.29 is 14.6 Å². The molecule has 1 N–H and O–H groups in total. The Kier molecular flexibility index (Phi) is 2.76. The summed E-state index contributed by atoms with van der Waals surface area (Å²) < 4.78 is 0. The number of hydrogen-bond acceptors (Lipinski definition) is 5. The largest absolute Gasteiger partial charge is 0.378 e. The number of para-hydroxylation sites is 1. The van der Waals surface area contributed by atoms with Gasteiger partial charge < -0.3 is 10.2 Å². The van der Waals surface area contributed by atoms with Gasteiger partial charge in [0.2, 0.25) is 5.60 Å². The number of nitro groups is 1. The molecule has 1 saturated heterocycles. The zero-order chi connectivity index (χ0) is 15.3. The lowest BCUT2D eigenvalue weighted by Crippen LogP contribution is -2.39. The highest BCUT2D eigenvalue weighted by atomic mass is 16.7. The number of hydrogen-bond donors (Lipinski definition) is 1. The van der Waals surface area contributed by atoms with Crippen LogP contribution in [0.2, 0.25) is 0 Å². The lowest BCUT2D eigenvalue weighted by Gasteiger charge is -2.19. The van der Waals surface area contributed by atoms with Crippen molar-refractivity contribution in [3.63, 3.8) is 0 Å². The topological polar surface area (TPSA) is 93.8 Å². The highest BCUT2D eigenvalue weighted by Crippen LogP contribution is 2.40. The van der Waals surface area contributed by atoms with Gasteiger partial charge in [0, 0.05) is 24.4 Å². The molecule has 7 nitrogen and oxygen atoms in total. The van der Waals surface area contributed by atoms with E-state index in [-0.39, 0.29) is 23.6 Å². The first-order chi connectivity index (χ1) is 9.83. The van der Waals surface area contributed by atoms with Gasteiger partial charge in [-0.15, -0.1) is 0 Å². The third-order valence-corrected chi connectivity index (χ3v) is 3.79. The average Bonchev–Trinajstić information content (AvgIpc) is 2.91. The fourth-order valence-electron chi connectivity index (χ4n) is 2.97. The zero-order valence-electron chi connectivity index (χ0n) is 11.8. The van der Waals surface area contributed by atoms with Gasteiger partial charge in [-0.05, 0) is 19.9 Å². The molecule has 1 spiro atoms. The normalized spacial score (nSPS) is 26.4. The first kappa shape index (κ1) is 13.5. The van der Waals surface area contributed by atoms with Gasteiger partial charge in [-0.2, -0.15) is 0 Å². The van der Waals surface area contributed by atoms with Crippen molar-refractivity contribution >= 4 is 17.3 Å². The monoisotopic (exact) mass is 289 g/mol. The molecule has 1 atom stereocenters. The van der Waals surface area contributed by atoms with E-state index in [4.69, 9.17) is 4.84 Å². The molecule has 7 heteroatoms. The van der Waals surface area contributed by atoms with Crippen LogP contribution in [0.1, 0.15) is 32.3 Å². The van der Waals surface area contributed by atoms with E-state index < -0.39 is 10.5 Å². The van der Waals surface area contributed by atoms with E-state index >= 15 is 0 Å². The molecule has 1 fully saturated rings. The number of oxime groups is 1. The van der Waals surface area contributed by atoms with Crippen LogP contribution in [0.15, 0.2) is 29.4 Å². The lowest BCUT2D eigenvalue weighted by molar-refractivity contribution is -0.385. The minimum atomic E-state index is -1.04. The van der Waals surface area contributed by atoms with Crippen molar-refractivity contribution in [2.75, 3.05) is 0 Å². The van der Waals surface area contributed by atoms with Crippen molar-refractivity contribution in [2.45, 2.75) is 37.8 Å². The van der Waals surface area contributed by atoms with Gasteiger partial charge in [0.1, 0.15) is 0 Å². The van der Waals surface area contributed by atoms with Crippen molar-refractivity contribution in [2.24, 2.45) is 5.16 Å². The maximum atomic E-state index is 12.2. The van der Waals surface area contributed by atoms with Gasteiger partial charge in [-0.3, -0.25) is 14.9 Å². The van der Waals surface area contributed by atoms with E-state index in [2.05, 4.69) is 10.5 Å². The quantitative estimate of drug-likeness (QED) is 0.663. The SMILES string of the molecule is CC1(C)CC2(CC(c3ccccc3[N+](=O)[O-])=NO2)C(=O)N1. The van der Waals surface area contributed by atoms with Crippen LogP contribution < -0.4 is 5.32 Å². The van der Waals surface area contributed by atoms with Crippen LogP contribution in [-0.4, -0.2) is 27.7 Å². The zero-order valence-corrected chi connectivity index (χ0v) is 11.8. The Morgan fingerprint density at radius 3 is 2.71 bits per heavy atom. The van der Waals surface area contributed by atoms with Crippen molar-refractivity contribution in [1.82, 2.24) is 5.32 Å². The summed E-state index contributed by atoms with van der Waals surface area (Å²) in [7, 11) is 0. The maximum Gasteiger partial charge on any atom is 0.278 e. The summed E-state index contributed by atoms with van der Waals surface area (Å²) in [5.41, 5.74) is -0.602. The molecule has 2 aliphatic rings. The predicted molar refractivity (Wildman–Crippen MR) is 74.9 cm³/mol. The summed E-state index contributed by atoms with van der Waals surface area (Å²) in [5.74, 6) is -0.218. The number of nitro benzene ring substituents is 1. The minimum Gasteiger partial charge on any atom is -0.378 e. The molecule has 110 valence electrons. The molecule has 0 aliphatic carbocycles. The van der Waals surface area contributed by atoms with Gasteiger partial charge >= 0.3 is 0 Å². The van der Waals surface area contributed by atoms with Crippen LogP contribution in [0, 0.1) is 10.1 Å². The molecule has 2 heterocycles. The molecule has 2 aliphatic heterocycles. The smallest absolute Gasteiger partial charge is 0.278 e. The molecule has 1 aromatic carbocycles. The third kappa shape index (κ3) is 2.14. The van der Waals surface area contributed by atoms with E-state index in [0.29, 0.717) is 17.7 Å². The first-order valence-electron chi connectivity index (χ1n) is 6.64. The van der Waals surface area contributed by atoms with Crippen LogP contribution in [0.5, 0.6) is 0 Å². The number of rotatable bonds is 2. The summed E-state index contributed by atoms with van der Waals surface area (Å²) >= 11 is 0. The minimum absolute atomic E-state index is 0.0328. The van der Waals surface area contributed by atoms with Crippen LogP contribution in [0.4, 0.5) is 5.69 Å². The number of carbonyl (C=O) groups is 1. The lowest BCUT2D eigenvalue weighted by atomic mass is 9.87. The molecule has 1 amide bonds. The van der Waals surface area contributed by atoms with Crippen LogP contribution in [0.25, 0.3) is 0 Å². The highest BCUT2D eigenvalue weighted by Gasteiger charge is 2.56. The molecule has 0 saturated carbocycles. The first-order valence-corrected chi connectivity index (χ1v) is 6.64. The van der Waals surface area contributed by atoms with Crippen LogP contribution >= 0.6 is 0 Å². The number of nitrogens with zero attached hydrogens (tertiary/aromatic N) is 2. The Morgan fingerprint density at radius 1 is 1.38 bits per heavy atom. The Labute approximate surface area is 121 Å². The Balaban J connectivity index is 1.92. The van der Waals surface area contributed by atoms with E-state index in [1.807, 2.05) is 13.8 Å². The number of carbonyl (C=O) groups excluding carboxylic acids is 1. The van der Waals surface area contributed by atoms with Crippen LogP contribution in [0.3, 0.4) is 0 Å². The fraction of sp³-hybridized carbons (Fsp3) is 0.429. The molecule has 3 rings (SSSR count). The third-order valence-electron chi connectivity index (χ3n) is 3.79. The standard InChI is InChI=1S/C14H15N3O4/c1-13(2)8-14(12(18)15-13)7-10(16-21-14)9-5-3-4-6-11(9)17(19)20/h3-6H,7-8H2,1-2H3,(H,15,18). The van der Waals surface area contributed by atoms with E-state index in [9.17, 15) is 14.9 Å². The Hall–Kier alpha value is -2.44. The predicted octanol–water partition coefficient (Wildman–Crippen LogP) is 1.76. The fourth-order valence-corrected chi connectivity index (χ4v) is 2.97. The summed E-state index contributed by atoms with van der Waals surface area (Å²) in [6.45, 7) is 3.82. The Morgan fingerprint density at radius 2 is 2.10 bits per heavy atom. The second-order valence-electron chi connectivity index (χ2n) is 6.09. The molecule has 0 radical (unpaired) electrons. The second-order valence-corrected chi connectivity index (χ2v) is 6.09. The van der Waals surface area contributed by atoms with Gasteiger partial charge in [0.05, 0.1) is 16.2 Å². The highest BCUT2D eigenvalue weighted by molar-refractivity contribution is 6.08.